The van der Waals surface area contributed by atoms with Crippen molar-refractivity contribution in [2.75, 3.05) is 13.7 Å². The van der Waals surface area contributed by atoms with Gasteiger partial charge in [0.2, 0.25) is 5.91 Å². The third-order valence-corrected chi connectivity index (χ3v) is 6.17. The minimum absolute atomic E-state index is 0.0398. The molecule has 0 saturated carbocycles. The lowest BCUT2D eigenvalue weighted by molar-refractivity contribution is -0.132. The fraction of sp³-hybridized carbons (Fsp3) is 0.320. The first-order valence-electron chi connectivity index (χ1n) is 11.3. The highest BCUT2D eigenvalue weighted by Gasteiger charge is 2.48. The van der Waals surface area contributed by atoms with Gasteiger partial charge in [-0.2, -0.15) is 0 Å². The van der Waals surface area contributed by atoms with E-state index >= 15 is 0 Å². The molecule has 0 radical (unpaired) electrons. The van der Waals surface area contributed by atoms with Crippen LogP contribution in [0.4, 0.5) is 0 Å². The number of aromatic nitrogens is 3. The molecule has 182 valence electrons. The quantitative estimate of drug-likeness (QED) is 0.512. The Hall–Kier alpha value is -4.21. The van der Waals surface area contributed by atoms with Crippen LogP contribution in [-0.2, 0) is 24.4 Å². The van der Waals surface area contributed by atoms with E-state index in [0.29, 0.717) is 13.1 Å². The van der Waals surface area contributed by atoms with Gasteiger partial charge in [-0.05, 0) is 43.2 Å². The van der Waals surface area contributed by atoms with Gasteiger partial charge in [-0.25, -0.2) is 4.98 Å². The summed E-state index contributed by atoms with van der Waals surface area (Å²) in [6.07, 6.45) is 4.75. The molecular formula is C25H28N6O4. The molecule has 0 spiro atoms. The monoisotopic (exact) mass is 476 g/mol. The molecule has 0 saturated heterocycles. The van der Waals surface area contributed by atoms with Gasteiger partial charge in [-0.15, -0.1) is 0 Å². The second-order valence-electron chi connectivity index (χ2n) is 8.47. The number of pyridine rings is 1. The molecule has 1 aliphatic heterocycles. The van der Waals surface area contributed by atoms with Gasteiger partial charge in [0.05, 0.1) is 20.0 Å². The lowest BCUT2D eigenvalue weighted by Crippen LogP contribution is -2.63. The van der Waals surface area contributed by atoms with E-state index in [2.05, 4.69) is 20.6 Å². The molecule has 3 aromatic rings. The van der Waals surface area contributed by atoms with Crippen molar-refractivity contribution >= 4 is 17.7 Å². The van der Waals surface area contributed by atoms with Crippen LogP contribution in [-0.4, -0.2) is 56.3 Å². The van der Waals surface area contributed by atoms with Gasteiger partial charge < -0.3 is 24.8 Å². The maximum absolute atomic E-state index is 13.5. The van der Waals surface area contributed by atoms with Crippen molar-refractivity contribution in [2.24, 2.45) is 0 Å². The molecule has 0 bridgehead atoms. The number of amides is 3. The number of benzene rings is 1. The average Bonchev–Trinajstić information content (AvgIpc) is 3.30. The number of likely N-dealkylation sites (N-methyl/N-ethyl adjacent to an activating group) is 1. The molecule has 1 aliphatic rings. The zero-order chi connectivity index (χ0) is 25.0. The van der Waals surface area contributed by atoms with Gasteiger partial charge in [0.1, 0.15) is 17.0 Å². The smallest absolute Gasteiger partial charge is 0.273 e. The number of rotatable bonds is 8. The number of nitrogens with zero attached hydrogens (tertiary/aromatic N) is 4. The third kappa shape index (κ3) is 4.72. The largest absolute Gasteiger partial charge is 0.497 e. The summed E-state index contributed by atoms with van der Waals surface area (Å²) >= 11 is 0. The van der Waals surface area contributed by atoms with E-state index in [1.54, 1.807) is 44.0 Å². The Morgan fingerprint density at radius 2 is 1.86 bits per heavy atom. The van der Waals surface area contributed by atoms with Gasteiger partial charge in [0, 0.05) is 32.0 Å². The Labute approximate surface area is 203 Å². The first kappa shape index (κ1) is 23.9. The first-order valence-corrected chi connectivity index (χ1v) is 11.3. The average molecular weight is 477 g/mol. The van der Waals surface area contributed by atoms with Crippen LogP contribution < -0.4 is 15.4 Å². The topological polar surface area (TPSA) is 118 Å². The van der Waals surface area contributed by atoms with Gasteiger partial charge in [0.15, 0.2) is 5.69 Å². The molecule has 1 unspecified atom stereocenters. The van der Waals surface area contributed by atoms with Crippen molar-refractivity contribution in [3.63, 3.8) is 0 Å². The maximum Gasteiger partial charge on any atom is 0.273 e. The molecular weight excluding hydrogens is 448 g/mol. The van der Waals surface area contributed by atoms with Gasteiger partial charge in [-0.3, -0.25) is 19.4 Å². The molecule has 3 heterocycles. The third-order valence-electron chi connectivity index (χ3n) is 6.17. The first-order chi connectivity index (χ1) is 16.9. The highest BCUT2D eigenvalue weighted by atomic mass is 16.5. The minimum Gasteiger partial charge on any atom is -0.497 e. The molecule has 3 amide bonds. The van der Waals surface area contributed by atoms with Crippen LogP contribution in [0, 0.1) is 0 Å². The van der Waals surface area contributed by atoms with Crippen LogP contribution in [0.2, 0.25) is 0 Å². The summed E-state index contributed by atoms with van der Waals surface area (Å²) < 4.78 is 6.75. The summed E-state index contributed by atoms with van der Waals surface area (Å²) in [6.45, 7) is 4.58. The zero-order valence-electron chi connectivity index (χ0n) is 19.9. The van der Waals surface area contributed by atoms with Crippen molar-refractivity contribution in [1.29, 1.82) is 0 Å². The number of nitrogens with one attached hydrogen (secondary N) is 2. The zero-order valence-corrected chi connectivity index (χ0v) is 19.9. The summed E-state index contributed by atoms with van der Waals surface area (Å²) in [6, 6.07) is 11.0. The molecule has 35 heavy (non-hydrogen) atoms. The van der Waals surface area contributed by atoms with Gasteiger partial charge in [-0.1, -0.05) is 18.2 Å². The summed E-state index contributed by atoms with van der Waals surface area (Å²) in [4.78, 5) is 49.3. The molecule has 2 aromatic heterocycles. The molecule has 10 heteroatoms. The predicted octanol–water partition coefficient (Wildman–Crippen LogP) is 1.77. The number of carbonyl (C=O) groups is 3. The van der Waals surface area contributed by atoms with E-state index in [9.17, 15) is 14.4 Å². The Balaban J connectivity index is 1.50. The van der Waals surface area contributed by atoms with E-state index < -0.39 is 17.4 Å². The summed E-state index contributed by atoms with van der Waals surface area (Å²) in [5, 5.41) is 5.72. The second kappa shape index (κ2) is 9.96. The Morgan fingerprint density at radius 3 is 2.51 bits per heavy atom. The van der Waals surface area contributed by atoms with Crippen molar-refractivity contribution in [3.8, 4) is 5.75 Å². The van der Waals surface area contributed by atoms with Crippen LogP contribution in [0.25, 0.3) is 0 Å². The van der Waals surface area contributed by atoms with E-state index in [-0.39, 0.29) is 30.4 Å². The van der Waals surface area contributed by atoms with Crippen LogP contribution in [0.15, 0.2) is 55.1 Å². The fourth-order valence-corrected chi connectivity index (χ4v) is 4.23. The number of ether oxygens (including phenoxy) is 1. The summed E-state index contributed by atoms with van der Waals surface area (Å²) in [5.41, 5.74) is 0.810. The molecule has 4 rings (SSSR count). The normalized spacial score (nSPS) is 17.0. The molecule has 10 nitrogen and oxygen atoms in total. The second-order valence-corrected chi connectivity index (χ2v) is 8.47. The summed E-state index contributed by atoms with van der Waals surface area (Å²) in [5.74, 6) is -0.426. The standard InChI is InChI=1S/C25H28N6O4/c1-4-31-23(33)21-20(22(32)27-14-18-6-5-11-26-12-18)29-16-30(21)15-25(31,2)24(34)28-13-17-7-9-19(35-3)10-8-17/h5-12,16H,4,13-15H2,1-3H3,(H,27,32)(H,28,34). The van der Waals surface area contributed by atoms with Crippen LogP contribution in [0.3, 0.4) is 0 Å². The van der Waals surface area contributed by atoms with Gasteiger partial charge >= 0.3 is 0 Å². The minimum atomic E-state index is -1.14. The highest BCUT2D eigenvalue weighted by Crippen LogP contribution is 2.29. The Morgan fingerprint density at radius 1 is 1.11 bits per heavy atom. The van der Waals surface area contributed by atoms with Crippen LogP contribution in [0.5, 0.6) is 5.75 Å². The number of carbonyl (C=O) groups excluding carboxylic acids is 3. The fourth-order valence-electron chi connectivity index (χ4n) is 4.23. The SMILES string of the molecule is CCN1C(=O)c2c(C(=O)NCc3cccnc3)ncn2CC1(C)C(=O)NCc1ccc(OC)cc1. The predicted molar refractivity (Wildman–Crippen MR) is 128 cm³/mol. The summed E-state index contributed by atoms with van der Waals surface area (Å²) in [7, 11) is 1.59. The van der Waals surface area contributed by atoms with Crippen LogP contribution >= 0.6 is 0 Å². The van der Waals surface area contributed by atoms with E-state index in [4.69, 9.17) is 4.74 Å². The number of imidazole rings is 1. The van der Waals surface area contributed by atoms with Crippen molar-refractivity contribution in [1.82, 2.24) is 30.1 Å². The highest BCUT2D eigenvalue weighted by molar-refractivity contribution is 6.07. The lowest BCUT2D eigenvalue weighted by atomic mass is 9.94. The van der Waals surface area contributed by atoms with Crippen LogP contribution in [0.1, 0.15) is 46.0 Å². The van der Waals surface area contributed by atoms with E-state index in [1.807, 2.05) is 30.3 Å². The van der Waals surface area contributed by atoms with Crippen molar-refractivity contribution in [2.45, 2.75) is 39.0 Å². The van der Waals surface area contributed by atoms with Crippen molar-refractivity contribution in [3.05, 3.63) is 77.6 Å². The maximum atomic E-state index is 13.5. The number of methoxy groups -OCH3 is 1. The number of hydrogen-bond donors (Lipinski definition) is 2. The Kier molecular flexibility index (Phi) is 6.81. The number of fused-ring (bicyclic) bond motifs is 1. The number of hydrogen-bond acceptors (Lipinski definition) is 6. The molecule has 0 fully saturated rings. The lowest BCUT2D eigenvalue weighted by Gasteiger charge is -2.43. The molecule has 1 atom stereocenters. The van der Waals surface area contributed by atoms with Gasteiger partial charge in [0.25, 0.3) is 11.8 Å². The molecule has 0 aliphatic carbocycles. The van der Waals surface area contributed by atoms with E-state index in [0.717, 1.165) is 16.9 Å². The molecule has 1 aromatic carbocycles. The molecule has 2 N–H and O–H groups in total. The van der Waals surface area contributed by atoms with Crippen molar-refractivity contribution < 1.29 is 19.1 Å². The van der Waals surface area contributed by atoms with E-state index in [1.165, 1.54) is 11.2 Å². The Bertz CT molecular complexity index is 1220.